The van der Waals surface area contributed by atoms with Crippen LogP contribution in [0.25, 0.3) is 0 Å². The number of rotatable bonds is 1. The van der Waals surface area contributed by atoms with Gasteiger partial charge in [-0.2, -0.15) is 0 Å². The Bertz CT molecular complexity index is 168. The number of aliphatic imine (C=N–C) groups is 1. The molecule has 1 unspecified atom stereocenters. The third kappa shape index (κ3) is 1.29. The van der Waals surface area contributed by atoms with E-state index in [2.05, 4.69) is 10.3 Å². The van der Waals surface area contributed by atoms with Crippen LogP contribution in [0.3, 0.4) is 0 Å². The minimum Gasteiger partial charge on any atom is -0.297 e. The average molecular weight is 150 g/mol. The van der Waals surface area contributed by atoms with Gasteiger partial charge in [-0.25, -0.2) is 4.99 Å². The number of amidine groups is 1. The summed E-state index contributed by atoms with van der Waals surface area (Å²) in [6, 6.07) is 0. The molecule has 0 aromatic rings. The van der Waals surface area contributed by atoms with Crippen LogP contribution in [-0.2, 0) is 0 Å². The summed E-state index contributed by atoms with van der Waals surface area (Å²) in [5, 5.41) is 12.4. The van der Waals surface area contributed by atoms with Crippen molar-refractivity contribution in [3.8, 4) is 0 Å². The van der Waals surface area contributed by atoms with E-state index in [9.17, 15) is 10.1 Å². The van der Waals surface area contributed by atoms with Gasteiger partial charge in [0.1, 0.15) is 6.54 Å². The van der Waals surface area contributed by atoms with E-state index in [4.69, 9.17) is 11.6 Å². The van der Waals surface area contributed by atoms with Crippen molar-refractivity contribution < 1.29 is 4.92 Å². The largest absolute Gasteiger partial charge is 0.306 e. The van der Waals surface area contributed by atoms with Crippen molar-refractivity contribution in [2.24, 2.45) is 4.99 Å². The lowest BCUT2D eigenvalue weighted by Gasteiger charge is -1.98. The van der Waals surface area contributed by atoms with Crippen molar-refractivity contribution in [2.75, 3.05) is 6.54 Å². The second kappa shape index (κ2) is 2.18. The first kappa shape index (κ1) is 6.28. The maximum atomic E-state index is 9.96. The highest BCUT2D eigenvalue weighted by molar-refractivity contribution is 6.64. The van der Waals surface area contributed by atoms with E-state index in [0.29, 0.717) is 0 Å². The lowest BCUT2D eigenvalue weighted by Crippen LogP contribution is -2.34. The molecule has 0 aromatic heterocycles. The maximum Gasteiger partial charge on any atom is 0.306 e. The quantitative estimate of drug-likeness (QED) is 0.319. The van der Waals surface area contributed by atoms with Crippen LogP contribution >= 0.6 is 11.6 Å². The summed E-state index contributed by atoms with van der Waals surface area (Å²) in [6.07, 6.45) is -0.822. The number of hydrogen-bond donors (Lipinski definition) is 1. The van der Waals surface area contributed by atoms with E-state index < -0.39 is 11.1 Å². The molecule has 0 spiro atoms. The van der Waals surface area contributed by atoms with E-state index in [1.165, 1.54) is 0 Å². The highest BCUT2D eigenvalue weighted by Gasteiger charge is 2.24. The van der Waals surface area contributed by atoms with Gasteiger partial charge < -0.3 is 0 Å². The lowest BCUT2D eigenvalue weighted by molar-refractivity contribution is -0.521. The minimum absolute atomic E-state index is 0.122. The van der Waals surface area contributed by atoms with Crippen LogP contribution in [0.2, 0.25) is 0 Å². The number of nitrogens with zero attached hydrogens (tertiary/aromatic N) is 2. The molecule has 0 saturated heterocycles. The van der Waals surface area contributed by atoms with Crippen molar-refractivity contribution in [3.63, 3.8) is 0 Å². The van der Waals surface area contributed by atoms with Crippen LogP contribution in [0.4, 0.5) is 0 Å². The fourth-order valence-corrected chi connectivity index (χ4v) is 0.710. The Balaban J connectivity index is 2.47. The molecular formula is C3H4ClN3O2. The molecule has 6 heteroatoms. The molecule has 1 N–H and O–H groups in total. The Labute approximate surface area is 55.9 Å². The third-order valence-electron chi connectivity index (χ3n) is 0.943. The molecule has 50 valence electrons. The van der Waals surface area contributed by atoms with Crippen LogP contribution in [0, 0.1) is 10.1 Å². The Hall–Kier alpha value is -0.840. The number of halogens is 1. The summed E-state index contributed by atoms with van der Waals surface area (Å²) >= 11 is 5.29. The zero-order valence-corrected chi connectivity index (χ0v) is 5.13. The SMILES string of the molecule is O=[N+]([O-])C1CN=C(Cl)N1. The number of hydrogen-bond acceptors (Lipinski definition) is 4. The Morgan fingerprint density at radius 2 is 2.67 bits per heavy atom. The molecule has 0 saturated carbocycles. The first-order chi connectivity index (χ1) is 4.20. The fraction of sp³-hybridized carbons (Fsp3) is 0.667. The molecule has 0 aromatic carbocycles. The van der Waals surface area contributed by atoms with Gasteiger partial charge in [0.25, 0.3) is 0 Å². The van der Waals surface area contributed by atoms with E-state index in [1.807, 2.05) is 0 Å². The first-order valence-corrected chi connectivity index (χ1v) is 2.68. The van der Waals surface area contributed by atoms with Crippen molar-refractivity contribution in [3.05, 3.63) is 10.1 Å². The highest BCUT2D eigenvalue weighted by Crippen LogP contribution is 1.98. The molecule has 1 heterocycles. The van der Waals surface area contributed by atoms with Crippen LogP contribution in [0.5, 0.6) is 0 Å². The summed E-state index contributed by atoms with van der Waals surface area (Å²) < 4.78 is 0. The molecular weight excluding hydrogens is 146 g/mol. The molecule has 0 bridgehead atoms. The zero-order valence-electron chi connectivity index (χ0n) is 4.37. The fourth-order valence-electron chi connectivity index (χ4n) is 0.515. The summed E-state index contributed by atoms with van der Waals surface area (Å²) in [7, 11) is 0. The molecule has 0 radical (unpaired) electrons. The average Bonchev–Trinajstić information content (AvgIpc) is 2.14. The zero-order chi connectivity index (χ0) is 6.85. The van der Waals surface area contributed by atoms with Crippen molar-refractivity contribution in [2.45, 2.75) is 6.17 Å². The van der Waals surface area contributed by atoms with Gasteiger partial charge in [0, 0.05) is 4.92 Å². The number of nitrogens with one attached hydrogen (secondary N) is 1. The highest BCUT2D eigenvalue weighted by atomic mass is 35.5. The molecule has 0 aliphatic carbocycles. The lowest BCUT2D eigenvalue weighted by atomic mass is 10.5. The van der Waals surface area contributed by atoms with Crippen LogP contribution in [0.1, 0.15) is 0 Å². The van der Waals surface area contributed by atoms with E-state index in [1.54, 1.807) is 0 Å². The predicted molar refractivity (Wildman–Crippen MR) is 32.1 cm³/mol. The Kier molecular flexibility index (Phi) is 1.52. The van der Waals surface area contributed by atoms with E-state index >= 15 is 0 Å². The van der Waals surface area contributed by atoms with Crippen molar-refractivity contribution in [1.82, 2.24) is 5.32 Å². The second-order valence-corrected chi connectivity index (χ2v) is 1.94. The molecule has 0 amide bonds. The van der Waals surface area contributed by atoms with E-state index in [0.717, 1.165) is 0 Å². The van der Waals surface area contributed by atoms with Gasteiger partial charge >= 0.3 is 6.17 Å². The molecule has 5 nitrogen and oxygen atoms in total. The predicted octanol–water partition coefficient (Wildman–Crippen LogP) is -0.213. The second-order valence-electron chi connectivity index (χ2n) is 1.58. The minimum atomic E-state index is -0.822. The smallest absolute Gasteiger partial charge is 0.297 e. The molecule has 1 atom stereocenters. The first-order valence-electron chi connectivity index (χ1n) is 2.30. The summed E-state index contributed by atoms with van der Waals surface area (Å²) in [5.41, 5.74) is 0. The van der Waals surface area contributed by atoms with Gasteiger partial charge in [-0.1, -0.05) is 0 Å². The van der Waals surface area contributed by atoms with Crippen LogP contribution in [-0.4, -0.2) is 22.9 Å². The van der Waals surface area contributed by atoms with Gasteiger partial charge in [-0.3, -0.25) is 15.4 Å². The summed E-state index contributed by atoms with van der Waals surface area (Å²) in [4.78, 5) is 13.1. The molecule has 9 heavy (non-hydrogen) atoms. The topological polar surface area (TPSA) is 67.5 Å². The summed E-state index contributed by atoms with van der Waals surface area (Å²) in [5.74, 6) is 0. The van der Waals surface area contributed by atoms with Crippen LogP contribution < -0.4 is 5.32 Å². The van der Waals surface area contributed by atoms with Gasteiger partial charge in [-0.15, -0.1) is 0 Å². The molecule has 0 fully saturated rings. The standard InChI is InChI=1S/C3H4ClN3O2/c4-3-5-1-2(6-3)7(8)9/h2H,1H2,(H,5,6). The third-order valence-corrected chi connectivity index (χ3v) is 1.17. The Morgan fingerprint density at radius 3 is 2.89 bits per heavy atom. The monoisotopic (exact) mass is 149 g/mol. The normalized spacial score (nSPS) is 25.0. The Morgan fingerprint density at radius 1 is 2.00 bits per heavy atom. The van der Waals surface area contributed by atoms with Gasteiger partial charge in [-0.05, 0) is 11.6 Å². The molecule has 1 aliphatic rings. The van der Waals surface area contributed by atoms with E-state index in [-0.39, 0.29) is 11.8 Å². The van der Waals surface area contributed by atoms with Gasteiger partial charge in [0.05, 0.1) is 0 Å². The maximum absolute atomic E-state index is 9.96. The van der Waals surface area contributed by atoms with Crippen molar-refractivity contribution >= 4 is 16.9 Å². The van der Waals surface area contributed by atoms with Crippen LogP contribution in [0.15, 0.2) is 4.99 Å². The van der Waals surface area contributed by atoms with Crippen molar-refractivity contribution in [1.29, 1.82) is 0 Å². The molecule has 1 rings (SSSR count). The van der Waals surface area contributed by atoms with Gasteiger partial charge in [0.2, 0.25) is 0 Å². The summed E-state index contributed by atoms with van der Waals surface area (Å²) in [6.45, 7) is 0.131. The van der Waals surface area contributed by atoms with Gasteiger partial charge in [0.15, 0.2) is 5.29 Å². The number of nitro groups is 1. The molecule has 1 aliphatic heterocycles.